The second-order valence-corrected chi connectivity index (χ2v) is 5.75. The van der Waals surface area contributed by atoms with Gasteiger partial charge in [-0.25, -0.2) is 0 Å². The van der Waals surface area contributed by atoms with E-state index in [-0.39, 0.29) is 18.4 Å². The molecule has 5 nitrogen and oxygen atoms in total. The van der Waals surface area contributed by atoms with Crippen molar-refractivity contribution < 1.29 is 14.7 Å². The number of amides is 1. The fourth-order valence-corrected chi connectivity index (χ4v) is 3.02. The summed E-state index contributed by atoms with van der Waals surface area (Å²) in [5.41, 5.74) is 0. The minimum absolute atomic E-state index is 0.00462. The van der Waals surface area contributed by atoms with Crippen LogP contribution in [0.3, 0.4) is 0 Å². The third-order valence-corrected chi connectivity index (χ3v) is 4.17. The van der Waals surface area contributed by atoms with Crippen molar-refractivity contribution in [2.24, 2.45) is 0 Å². The molecule has 104 valence electrons. The number of carboxylic acid groups (broad SMARTS) is 1. The number of hydrogen-bond acceptors (Lipinski definition) is 4. The molecule has 0 aliphatic carbocycles. The van der Waals surface area contributed by atoms with Crippen LogP contribution in [-0.2, 0) is 16.1 Å². The lowest BCUT2D eigenvalue weighted by Gasteiger charge is -2.22. The van der Waals surface area contributed by atoms with E-state index in [9.17, 15) is 9.59 Å². The van der Waals surface area contributed by atoms with Crippen molar-refractivity contribution in [2.75, 3.05) is 13.1 Å². The number of nitrogens with zero attached hydrogens (tertiary/aromatic N) is 1. The summed E-state index contributed by atoms with van der Waals surface area (Å²) in [6.07, 6.45) is 1.96. The van der Waals surface area contributed by atoms with Crippen molar-refractivity contribution >= 4 is 23.2 Å². The predicted octanol–water partition coefficient (Wildman–Crippen LogP) is 1.30. The first kappa shape index (κ1) is 14.0. The van der Waals surface area contributed by atoms with Crippen molar-refractivity contribution in [3.63, 3.8) is 0 Å². The second kappa shape index (κ2) is 6.68. The molecule has 2 heterocycles. The van der Waals surface area contributed by atoms with Gasteiger partial charge in [0, 0.05) is 10.9 Å². The van der Waals surface area contributed by atoms with Crippen LogP contribution in [0.25, 0.3) is 0 Å². The molecule has 1 amide bonds. The third-order valence-electron chi connectivity index (χ3n) is 3.30. The first-order valence-corrected chi connectivity index (χ1v) is 7.28. The Balaban J connectivity index is 1.76. The second-order valence-electron chi connectivity index (χ2n) is 4.72. The lowest BCUT2D eigenvalue weighted by Crippen LogP contribution is -2.40. The third kappa shape index (κ3) is 4.33. The Kier molecular flexibility index (Phi) is 4.93. The number of carbonyl (C=O) groups is 2. The standard InChI is InChI=1S/C13H18N2O3S/c16-12(14-8-11-4-2-6-19-11)9-15-5-1-3-10(15)7-13(17)18/h2,4,6,10H,1,3,5,7-9H2,(H,14,16)(H,17,18). The van der Waals surface area contributed by atoms with Gasteiger partial charge in [0.1, 0.15) is 0 Å². The minimum atomic E-state index is -0.795. The number of carbonyl (C=O) groups excluding carboxylic acids is 1. The summed E-state index contributed by atoms with van der Waals surface area (Å²) in [6.45, 7) is 1.65. The van der Waals surface area contributed by atoms with Crippen LogP contribution < -0.4 is 5.32 Å². The zero-order valence-electron chi connectivity index (χ0n) is 10.7. The maximum Gasteiger partial charge on any atom is 0.304 e. The van der Waals surface area contributed by atoms with Gasteiger partial charge in [0.15, 0.2) is 0 Å². The van der Waals surface area contributed by atoms with Gasteiger partial charge in [0.2, 0.25) is 5.91 Å². The van der Waals surface area contributed by atoms with Crippen molar-refractivity contribution in [2.45, 2.75) is 31.8 Å². The summed E-state index contributed by atoms with van der Waals surface area (Å²) >= 11 is 1.61. The number of aliphatic carboxylic acids is 1. The Morgan fingerprint density at radius 2 is 2.37 bits per heavy atom. The van der Waals surface area contributed by atoms with Gasteiger partial charge >= 0.3 is 5.97 Å². The van der Waals surface area contributed by atoms with Crippen LogP contribution in [0.4, 0.5) is 0 Å². The van der Waals surface area contributed by atoms with Crippen LogP contribution in [0, 0.1) is 0 Å². The summed E-state index contributed by atoms with van der Waals surface area (Å²) in [5, 5.41) is 13.7. The SMILES string of the molecule is O=C(O)CC1CCCN1CC(=O)NCc1cccs1. The Hall–Kier alpha value is -1.40. The molecule has 0 radical (unpaired) electrons. The molecule has 1 fully saturated rings. The van der Waals surface area contributed by atoms with Gasteiger partial charge in [-0.05, 0) is 30.8 Å². The van der Waals surface area contributed by atoms with Crippen LogP contribution in [0.15, 0.2) is 17.5 Å². The van der Waals surface area contributed by atoms with Crippen molar-refractivity contribution in [3.8, 4) is 0 Å². The predicted molar refractivity (Wildman–Crippen MR) is 73.0 cm³/mol. The van der Waals surface area contributed by atoms with Crippen LogP contribution >= 0.6 is 11.3 Å². The largest absolute Gasteiger partial charge is 0.481 e. The van der Waals surface area contributed by atoms with Crippen molar-refractivity contribution in [3.05, 3.63) is 22.4 Å². The molecule has 1 aromatic rings. The highest BCUT2D eigenvalue weighted by atomic mass is 32.1. The minimum Gasteiger partial charge on any atom is -0.481 e. The Morgan fingerprint density at radius 1 is 1.53 bits per heavy atom. The topological polar surface area (TPSA) is 69.6 Å². The van der Waals surface area contributed by atoms with E-state index < -0.39 is 5.97 Å². The van der Waals surface area contributed by atoms with Gasteiger partial charge in [0.25, 0.3) is 0 Å². The summed E-state index contributed by atoms with van der Waals surface area (Å²) in [5.74, 6) is -0.832. The number of likely N-dealkylation sites (tertiary alicyclic amines) is 1. The molecule has 1 atom stereocenters. The van der Waals surface area contributed by atoms with Gasteiger partial charge in [-0.2, -0.15) is 0 Å². The molecular formula is C13H18N2O3S. The van der Waals surface area contributed by atoms with E-state index >= 15 is 0 Å². The van der Waals surface area contributed by atoms with Gasteiger partial charge in [-0.15, -0.1) is 11.3 Å². The number of hydrogen-bond donors (Lipinski definition) is 2. The fraction of sp³-hybridized carbons (Fsp3) is 0.538. The Bertz CT molecular complexity index is 433. The molecule has 1 saturated heterocycles. The average Bonchev–Trinajstić information content (AvgIpc) is 2.98. The van der Waals surface area contributed by atoms with Crippen molar-refractivity contribution in [1.29, 1.82) is 0 Å². The summed E-state index contributed by atoms with van der Waals surface area (Å²) in [6, 6.07) is 3.94. The zero-order chi connectivity index (χ0) is 13.7. The highest BCUT2D eigenvalue weighted by Gasteiger charge is 2.27. The van der Waals surface area contributed by atoms with Gasteiger partial charge in [0.05, 0.1) is 19.5 Å². The highest BCUT2D eigenvalue weighted by molar-refractivity contribution is 7.09. The molecule has 2 N–H and O–H groups in total. The Morgan fingerprint density at radius 3 is 3.05 bits per heavy atom. The lowest BCUT2D eigenvalue weighted by molar-refractivity contribution is -0.138. The van der Waals surface area contributed by atoms with Crippen LogP contribution in [0.5, 0.6) is 0 Å². The first-order valence-electron chi connectivity index (χ1n) is 6.40. The zero-order valence-corrected chi connectivity index (χ0v) is 11.5. The summed E-state index contributed by atoms with van der Waals surface area (Å²) < 4.78 is 0. The summed E-state index contributed by atoms with van der Waals surface area (Å²) in [4.78, 5) is 25.7. The normalized spacial score (nSPS) is 19.5. The molecule has 1 aliphatic rings. The maximum atomic E-state index is 11.8. The van der Waals surface area contributed by atoms with Crippen LogP contribution in [0.1, 0.15) is 24.1 Å². The van der Waals surface area contributed by atoms with E-state index in [4.69, 9.17) is 5.11 Å². The molecule has 6 heteroatoms. The first-order chi connectivity index (χ1) is 9.15. The van der Waals surface area contributed by atoms with E-state index in [0.717, 1.165) is 24.3 Å². The number of nitrogens with one attached hydrogen (secondary N) is 1. The van der Waals surface area contributed by atoms with E-state index in [2.05, 4.69) is 5.32 Å². The highest BCUT2D eigenvalue weighted by Crippen LogP contribution is 2.19. The average molecular weight is 282 g/mol. The van der Waals surface area contributed by atoms with Crippen LogP contribution in [-0.4, -0.2) is 41.0 Å². The summed E-state index contributed by atoms with van der Waals surface area (Å²) in [7, 11) is 0. The molecular weight excluding hydrogens is 264 g/mol. The van der Waals surface area contributed by atoms with E-state index in [1.807, 2.05) is 22.4 Å². The molecule has 0 saturated carbocycles. The smallest absolute Gasteiger partial charge is 0.304 e. The molecule has 1 aromatic heterocycles. The molecule has 19 heavy (non-hydrogen) atoms. The maximum absolute atomic E-state index is 11.8. The number of rotatable bonds is 6. The van der Waals surface area contributed by atoms with E-state index in [1.54, 1.807) is 11.3 Å². The molecule has 1 aliphatic heterocycles. The molecule has 0 spiro atoms. The molecule has 2 rings (SSSR count). The molecule has 1 unspecified atom stereocenters. The fourth-order valence-electron chi connectivity index (χ4n) is 2.38. The van der Waals surface area contributed by atoms with Gasteiger partial charge in [-0.3, -0.25) is 14.5 Å². The molecule has 0 aromatic carbocycles. The lowest BCUT2D eigenvalue weighted by atomic mass is 10.1. The van der Waals surface area contributed by atoms with Crippen LogP contribution in [0.2, 0.25) is 0 Å². The van der Waals surface area contributed by atoms with Gasteiger partial charge in [-0.1, -0.05) is 6.07 Å². The quantitative estimate of drug-likeness (QED) is 0.825. The molecule has 0 bridgehead atoms. The van der Waals surface area contributed by atoms with E-state index in [0.29, 0.717) is 13.1 Å². The number of carboxylic acids is 1. The van der Waals surface area contributed by atoms with Crippen molar-refractivity contribution in [1.82, 2.24) is 10.2 Å². The van der Waals surface area contributed by atoms with E-state index in [1.165, 1.54) is 0 Å². The monoisotopic (exact) mass is 282 g/mol. The Labute approximate surface area is 116 Å². The number of thiophene rings is 1. The van der Waals surface area contributed by atoms with Gasteiger partial charge < -0.3 is 10.4 Å².